The lowest BCUT2D eigenvalue weighted by molar-refractivity contribution is 0.220. The Kier molecular flexibility index (Phi) is 5.49. The lowest BCUT2D eigenvalue weighted by Crippen LogP contribution is -2.38. The van der Waals surface area contributed by atoms with Crippen molar-refractivity contribution < 1.29 is 14.0 Å². The summed E-state index contributed by atoms with van der Waals surface area (Å²) in [6, 6.07) is 5.53. The lowest BCUT2D eigenvalue weighted by atomic mass is 9.82. The predicted molar refractivity (Wildman–Crippen MR) is 89.0 cm³/mol. The third-order valence-corrected chi connectivity index (χ3v) is 4.24. The third-order valence-electron chi connectivity index (χ3n) is 4.24. The summed E-state index contributed by atoms with van der Waals surface area (Å²) >= 11 is 0. The van der Waals surface area contributed by atoms with Crippen LogP contribution in [0.1, 0.15) is 38.0 Å². The summed E-state index contributed by atoms with van der Waals surface area (Å²) in [5, 5.41) is 4.08. The fourth-order valence-corrected chi connectivity index (χ4v) is 2.91. The number of ether oxygens (including phenoxy) is 2. The van der Waals surface area contributed by atoms with Crippen LogP contribution in [-0.2, 0) is 5.54 Å². The van der Waals surface area contributed by atoms with Gasteiger partial charge in [0.15, 0.2) is 11.5 Å². The Morgan fingerprint density at radius 2 is 1.78 bits per heavy atom. The molecule has 1 heterocycles. The highest BCUT2D eigenvalue weighted by molar-refractivity contribution is 5.85. The topological polar surface area (TPSA) is 83.4 Å². The molecule has 1 aromatic heterocycles. The van der Waals surface area contributed by atoms with Gasteiger partial charge in [-0.1, -0.05) is 24.4 Å². The molecule has 7 heteroatoms. The highest BCUT2D eigenvalue weighted by Gasteiger charge is 2.35. The summed E-state index contributed by atoms with van der Waals surface area (Å²) in [4.78, 5) is 4.51. The molecule has 6 nitrogen and oxygen atoms in total. The van der Waals surface area contributed by atoms with Crippen LogP contribution in [0, 0.1) is 0 Å². The maximum Gasteiger partial charge on any atom is 0.247 e. The Hall–Kier alpha value is -1.79. The van der Waals surface area contributed by atoms with E-state index in [-0.39, 0.29) is 12.4 Å². The van der Waals surface area contributed by atoms with Crippen LogP contribution >= 0.6 is 12.4 Å². The van der Waals surface area contributed by atoms with E-state index in [1.165, 1.54) is 6.42 Å². The predicted octanol–water partition coefficient (Wildman–Crippen LogP) is 3.29. The molecule has 0 amide bonds. The van der Waals surface area contributed by atoms with Crippen LogP contribution in [-0.4, -0.2) is 24.4 Å². The molecule has 1 saturated carbocycles. The minimum atomic E-state index is -0.486. The zero-order valence-corrected chi connectivity index (χ0v) is 14.2. The second-order valence-corrected chi connectivity index (χ2v) is 5.71. The number of nitrogens with two attached hydrogens (primary N) is 1. The molecule has 1 aromatic carbocycles. The molecule has 0 spiro atoms. The van der Waals surface area contributed by atoms with Crippen LogP contribution in [0.25, 0.3) is 11.4 Å². The van der Waals surface area contributed by atoms with Crippen LogP contribution in [0.3, 0.4) is 0 Å². The van der Waals surface area contributed by atoms with E-state index in [9.17, 15) is 0 Å². The Morgan fingerprint density at radius 1 is 1.09 bits per heavy atom. The molecule has 2 N–H and O–H groups in total. The van der Waals surface area contributed by atoms with E-state index < -0.39 is 5.54 Å². The SMILES string of the molecule is COc1ccc(-c2noc(C3(N)CCCCC3)n2)cc1OC.Cl. The Bertz CT molecular complexity index is 654. The van der Waals surface area contributed by atoms with Gasteiger partial charge in [-0.3, -0.25) is 0 Å². The van der Waals surface area contributed by atoms with E-state index >= 15 is 0 Å². The number of hydrogen-bond donors (Lipinski definition) is 1. The molecule has 0 aliphatic heterocycles. The molecule has 3 rings (SSSR count). The average molecular weight is 340 g/mol. The minimum Gasteiger partial charge on any atom is -0.493 e. The molecule has 1 aliphatic rings. The molecule has 1 aliphatic carbocycles. The lowest BCUT2D eigenvalue weighted by Gasteiger charge is -2.29. The van der Waals surface area contributed by atoms with Gasteiger partial charge in [-0.2, -0.15) is 4.98 Å². The molecule has 23 heavy (non-hydrogen) atoms. The second-order valence-electron chi connectivity index (χ2n) is 5.71. The summed E-state index contributed by atoms with van der Waals surface area (Å²) in [5.74, 6) is 2.34. The quantitative estimate of drug-likeness (QED) is 0.920. The number of methoxy groups -OCH3 is 2. The van der Waals surface area contributed by atoms with Crippen molar-refractivity contribution in [1.29, 1.82) is 0 Å². The van der Waals surface area contributed by atoms with Crippen molar-refractivity contribution in [2.45, 2.75) is 37.6 Å². The summed E-state index contributed by atoms with van der Waals surface area (Å²) in [5.41, 5.74) is 6.76. The number of hydrogen-bond acceptors (Lipinski definition) is 6. The zero-order valence-electron chi connectivity index (χ0n) is 13.4. The van der Waals surface area contributed by atoms with Gasteiger partial charge in [0, 0.05) is 5.56 Å². The van der Waals surface area contributed by atoms with Gasteiger partial charge in [0.05, 0.1) is 19.8 Å². The molecular formula is C16H22ClN3O3. The smallest absolute Gasteiger partial charge is 0.247 e. The number of benzene rings is 1. The van der Waals surface area contributed by atoms with E-state index in [0.717, 1.165) is 31.2 Å². The first-order valence-corrected chi connectivity index (χ1v) is 7.52. The van der Waals surface area contributed by atoms with Crippen molar-refractivity contribution >= 4 is 12.4 Å². The standard InChI is InChI=1S/C16H21N3O3.ClH/c1-20-12-7-6-11(10-13(12)21-2)14-18-15(22-19-14)16(17)8-4-3-5-9-16;/h6-7,10H,3-5,8-9,17H2,1-2H3;1H. The summed E-state index contributed by atoms with van der Waals surface area (Å²) in [7, 11) is 3.20. The molecule has 0 radical (unpaired) electrons. The zero-order chi connectivity index (χ0) is 15.6. The molecule has 0 saturated heterocycles. The average Bonchev–Trinajstić information content (AvgIpc) is 3.06. The molecule has 1 fully saturated rings. The number of halogens is 1. The van der Waals surface area contributed by atoms with Crippen molar-refractivity contribution in [3.63, 3.8) is 0 Å². The van der Waals surface area contributed by atoms with E-state index in [0.29, 0.717) is 23.2 Å². The van der Waals surface area contributed by atoms with E-state index in [2.05, 4.69) is 10.1 Å². The van der Waals surface area contributed by atoms with Gasteiger partial charge in [-0.15, -0.1) is 12.4 Å². The third kappa shape index (κ3) is 3.43. The summed E-state index contributed by atoms with van der Waals surface area (Å²) in [6.07, 6.45) is 5.20. The van der Waals surface area contributed by atoms with Crippen molar-refractivity contribution in [2.24, 2.45) is 5.73 Å². The van der Waals surface area contributed by atoms with Crippen LogP contribution < -0.4 is 15.2 Å². The van der Waals surface area contributed by atoms with Crippen molar-refractivity contribution in [3.05, 3.63) is 24.1 Å². The maximum absolute atomic E-state index is 6.43. The highest BCUT2D eigenvalue weighted by Crippen LogP contribution is 2.36. The van der Waals surface area contributed by atoms with Crippen molar-refractivity contribution in [1.82, 2.24) is 10.1 Å². The first-order chi connectivity index (χ1) is 10.7. The second kappa shape index (κ2) is 7.19. The highest BCUT2D eigenvalue weighted by atomic mass is 35.5. The Labute approximate surface area is 141 Å². The minimum absolute atomic E-state index is 0. The Morgan fingerprint density at radius 3 is 2.43 bits per heavy atom. The van der Waals surface area contributed by atoms with Crippen molar-refractivity contribution in [2.75, 3.05) is 14.2 Å². The summed E-state index contributed by atoms with van der Waals surface area (Å²) < 4.78 is 16.0. The first-order valence-electron chi connectivity index (χ1n) is 7.52. The summed E-state index contributed by atoms with van der Waals surface area (Å²) in [6.45, 7) is 0. The van der Waals surface area contributed by atoms with Gasteiger partial charge in [0.2, 0.25) is 11.7 Å². The monoisotopic (exact) mass is 339 g/mol. The number of nitrogens with zero attached hydrogens (tertiary/aromatic N) is 2. The molecular weight excluding hydrogens is 318 g/mol. The molecule has 0 bridgehead atoms. The van der Waals surface area contributed by atoms with Gasteiger partial charge in [0.1, 0.15) is 0 Å². The number of aromatic nitrogens is 2. The van der Waals surface area contributed by atoms with Crippen molar-refractivity contribution in [3.8, 4) is 22.9 Å². The normalized spacial score (nSPS) is 16.5. The molecule has 0 atom stereocenters. The Balaban J connectivity index is 0.00000192. The van der Waals surface area contributed by atoms with Crippen LogP contribution in [0.5, 0.6) is 11.5 Å². The van der Waals surface area contributed by atoms with Gasteiger partial charge >= 0.3 is 0 Å². The first kappa shape index (κ1) is 17.6. The van der Waals surface area contributed by atoms with Crippen LogP contribution in [0.2, 0.25) is 0 Å². The maximum atomic E-state index is 6.43. The molecule has 126 valence electrons. The fourth-order valence-electron chi connectivity index (χ4n) is 2.91. The largest absolute Gasteiger partial charge is 0.493 e. The van der Waals surface area contributed by atoms with E-state index in [1.54, 1.807) is 14.2 Å². The van der Waals surface area contributed by atoms with Gasteiger partial charge in [-0.25, -0.2) is 0 Å². The van der Waals surface area contributed by atoms with Gasteiger partial charge in [-0.05, 0) is 31.0 Å². The van der Waals surface area contributed by atoms with E-state index in [4.69, 9.17) is 19.7 Å². The van der Waals surface area contributed by atoms with Gasteiger partial charge in [0.25, 0.3) is 0 Å². The molecule has 0 unspecified atom stereocenters. The van der Waals surface area contributed by atoms with Gasteiger partial charge < -0.3 is 19.7 Å². The number of rotatable bonds is 4. The van der Waals surface area contributed by atoms with Crippen LogP contribution in [0.4, 0.5) is 0 Å². The fraction of sp³-hybridized carbons (Fsp3) is 0.500. The molecule has 2 aromatic rings. The van der Waals surface area contributed by atoms with Crippen LogP contribution in [0.15, 0.2) is 22.7 Å². The van der Waals surface area contributed by atoms with E-state index in [1.807, 2.05) is 18.2 Å².